The van der Waals surface area contributed by atoms with E-state index in [0.29, 0.717) is 11.4 Å². The number of ether oxygens (including phenoxy) is 2. The Labute approximate surface area is 134 Å². The molecule has 0 heterocycles. The summed E-state index contributed by atoms with van der Waals surface area (Å²) in [7, 11) is 1.54. The van der Waals surface area contributed by atoms with E-state index in [1.807, 2.05) is 30.3 Å². The van der Waals surface area contributed by atoms with Gasteiger partial charge in [-0.2, -0.15) is 0 Å². The molecule has 0 aliphatic carbocycles. The predicted molar refractivity (Wildman–Crippen MR) is 88.1 cm³/mol. The summed E-state index contributed by atoms with van der Waals surface area (Å²) in [5.74, 6) is -0.361. The van der Waals surface area contributed by atoms with Crippen LogP contribution < -0.4 is 10.1 Å². The van der Waals surface area contributed by atoms with Gasteiger partial charge in [-0.05, 0) is 23.8 Å². The van der Waals surface area contributed by atoms with Gasteiger partial charge in [0.1, 0.15) is 5.75 Å². The Hall–Kier alpha value is -3.08. The number of amides is 1. The van der Waals surface area contributed by atoms with Gasteiger partial charge in [-0.15, -0.1) is 0 Å². The lowest BCUT2D eigenvalue weighted by Gasteiger charge is -2.07. The summed E-state index contributed by atoms with van der Waals surface area (Å²) in [5, 5.41) is 2.63. The van der Waals surface area contributed by atoms with E-state index in [0.717, 1.165) is 5.56 Å². The van der Waals surface area contributed by atoms with Gasteiger partial charge in [0.25, 0.3) is 5.91 Å². The summed E-state index contributed by atoms with van der Waals surface area (Å²) in [6, 6.07) is 16.3. The molecule has 2 rings (SSSR count). The van der Waals surface area contributed by atoms with Crippen molar-refractivity contribution in [1.82, 2.24) is 0 Å². The molecular weight excluding hydrogens is 294 g/mol. The largest absolute Gasteiger partial charge is 0.497 e. The molecule has 0 saturated heterocycles. The second-order valence-electron chi connectivity index (χ2n) is 4.63. The molecule has 1 amide bonds. The molecular formula is C18H17NO4. The fourth-order valence-corrected chi connectivity index (χ4v) is 1.81. The molecule has 0 saturated carbocycles. The van der Waals surface area contributed by atoms with E-state index in [2.05, 4.69) is 5.32 Å². The fraction of sp³-hybridized carbons (Fsp3) is 0.111. The van der Waals surface area contributed by atoms with Crippen LogP contribution in [0.15, 0.2) is 60.7 Å². The van der Waals surface area contributed by atoms with E-state index in [4.69, 9.17) is 9.47 Å². The molecule has 0 unspecified atom stereocenters. The van der Waals surface area contributed by atoms with Crippen molar-refractivity contribution >= 4 is 23.6 Å². The van der Waals surface area contributed by atoms with Crippen LogP contribution in [0.1, 0.15) is 5.56 Å². The van der Waals surface area contributed by atoms with Crippen molar-refractivity contribution in [1.29, 1.82) is 0 Å². The average molecular weight is 311 g/mol. The molecule has 2 aromatic carbocycles. The van der Waals surface area contributed by atoms with Crippen molar-refractivity contribution in [3.63, 3.8) is 0 Å². The highest BCUT2D eigenvalue weighted by atomic mass is 16.5. The van der Waals surface area contributed by atoms with E-state index >= 15 is 0 Å². The summed E-state index contributed by atoms with van der Waals surface area (Å²) in [6.07, 6.45) is 2.91. The maximum atomic E-state index is 11.7. The number of hydrogen-bond donors (Lipinski definition) is 1. The first-order chi connectivity index (χ1) is 11.2. The molecule has 0 bridgehead atoms. The Kier molecular flexibility index (Phi) is 5.94. The quantitative estimate of drug-likeness (QED) is 0.658. The first-order valence-electron chi connectivity index (χ1n) is 7.01. The minimum absolute atomic E-state index is 0.352. The Morgan fingerprint density at radius 2 is 1.87 bits per heavy atom. The first kappa shape index (κ1) is 16.3. The average Bonchev–Trinajstić information content (AvgIpc) is 2.59. The zero-order valence-electron chi connectivity index (χ0n) is 12.7. The highest BCUT2D eigenvalue weighted by Crippen LogP contribution is 2.16. The van der Waals surface area contributed by atoms with Gasteiger partial charge in [-0.1, -0.05) is 36.4 Å². The number of carbonyl (C=O) groups excluding carboxylic acids is 2. The fourth-order valence-electron chi connectivity index (χ4n) is 1.81. The van der Waals surface area contributed by atoms with Gasteiger partial charge in [-0.25, -0.2) is 4.79 Å². The Bertz CT molecular complexity index is 695. The van der Waals surface area contributed by atoms with Gasteiger partial charge >= 0.3 is 5.97 Å². The zero-order chi connectivity index (χ0) is 16.5. The standard InChI is InChI=1S/C18H17NO4/c1-22-16-9-5-8-15(12-16)19-17(20)13-23-18(21)11-10-14-6-3-2-4-7-14/h2-12H,13H2,1H3,(H,19,20)/b11-10+. The van der Waals surface area contributed by atoms with Crippen LogP contribution in [0, 0.1) is 0 Å². The lowest BCUT2D eigenvalue weighted by Crippen LogP contribution is -2.20. The number of rotatable bonds is 6. The Morgan fingerprint density at radius 1 is 1.09 bits per heavy atom. The molecule has 2 aromatic rings. The minimum Gasteiger partial charge on any atom is -0.497 e. The summed E-state index contributed by atoms with van der Waals surface area (Å²) in [5.41, 5.74) is 1.45. The molecule has 0 radical (unpaired) electrons. The Balaban J connectivity index is 1.79. The smallest absolute Gasteiger partial charge is 0.331 e. The van der Waals surface area contributed by atoms with Crippen molar-refractivity contribution < 1.29 is 19.1 Å². The van der Waals surface area contributed by atoms with Crippen LogP contribution in [0.4, 0.5) is 5.69 Å². The normalized spacial score (nSPS) is 10.3. The lowest BCUT2D eigenvalue weighted by molar-refractivity contribution is -0.142. The third-order valence-corrected chi connectivity index (χ3v) is 2.91. The van der Waals surface area contributed by atoms with Crippen molar-refractivity contribution in [3.05, 3.63) is 66.2 Å². The maximum absolute atomic E-state index is 11.7. The van der Waals surface area contributed by atoms with E-state index < -0.39 is 11.9 Å². The second-order valence-corrected chi connectivity index (χ2v) is 4.63. The van der Waals surface area contributed by atoms with Crippen LogP contribution in [0.2, 0.25) is 0 Å². The van der Waals surface area contributed by atoms with Crippen molar-refractivity contribution in [2.45, 2.75) is 0 Å². The second kappa shape index (κ2) is 8.38. The molecule has 5 heteroatoms. The minimum atomic E-state index is -0.574. The van der Waals surface area contributed by atoms with Crippen molar-refractivity contribution in [2.24, 2.45) is 0 Å². The number of esters is 1. The van der Waals surface area contributed by atoms with Crippen LogP contribution >= 0.6 is 0 Å². The van der Waals surface area contributed by atoms with Crippen LogP contribution in [0.3, 0.4) is 0 Å². The molecule has 0 aromatic heterocycles. The van der Waals surface area contributed by atoms with Crippen LogP contribution in [-0.4, -0.2) is 25.6 Å². The first-order valence-corrected chi connectivity index (χ1v) is 7.01. The Morgan fingerprint density at radius 3 is 2.61 bits per heavy atom. The van der Waals surface area contributed by atoms with Gasteiger partial charge in [0, 0.05) is 17.8 Å². The van der Waals surface area contributed by atoms with Crippen LogP contribution in [0.25, 0.3) is 6.08 Å². The molecule has 23 heavy (non-hydrogen) atoms. The number of nitrogens with one attached hydrogen (secondary N) is 1. The van der Waals surface area contributed by atoms with Crippen LogP contribution in [0.5, 0.6) is 5.75 Å². The third-order valence-electron chi connectivity index (χ3n) is 2.91. The summed E-state index contributed by atoms with van der Waals surface area (Å²) in [4.78, 5) is 23.3. The van der Waals surface area contributed by atoms with Gasteiger partial charge in [0.15, 0.2) is 6.61 Å². The molecule has 1 N–H and O–H groups in total. The van der Waals surface area contributed by atoms with Gasteiger partial charge in [-0.3, -0.25) is 4.79 Å². The zero-order valence-corrected chi connectivity index (χ0v) is 12.7. The van der Waals surface area contributed by atoms with Crippen LogP contribution in [-0.2, 0) is 14.3 Å². The molecule has 5 nitrogen and oxygen atoms in total. The van der Waals surface area contributed by atoms with E-state index in [1.54, 1.807) is 37.5 Å². The monoisotopic (exact) mass is 311 g/mol. The molecule has 0 spiro atoms. The summed E-state index contributed by atoms with van der Waals surface area (Å²) in [6.45, 7) is -0.352. The summed E-state index contributed by atoms with van der Waals surface area (Å²) < 4.78 is 9.95. The molecule has 0 fully saturated rings. The third kappa shape index (κ3) is 5.67. The number of carbonyl (C=O) groups is 2. The van der Waals surface area contributed by atoms with Gasteiger partial charge in [0.2, 0.25) is 0 Å². The van der Waals surface area contributed by atoms with Gasteiger partial charge < -0.3 is 14.8 Å². The van der Waals surface area contributed by atoms with E-state index in [1.165, 1.54) is 6.08 Å². The highest BCUT2D eigenvalue weighted by Gasteiger charge is 2.06. The number of methoxy groups -OCH3 is 1. The highest BCUT2D eigenvalue weighted by molar-refractivity contribution is 5.94. The number of anilines is 1. The van der Waals surface area contributed by atoms with Crippen molar-refractivity contribution in [3.8, 4) is 5.75 Å². The van der Waals surface area contributed by atoms with Crippen molar-refractivity contribution in [2.75, 3.05) is 19.0 Å². The number of hydrogen-bond acceptors (Lipinski definition) is 4. The molecule has 0 atom stereocenters. The molecule has 118 valence electrons. The lowest BCUT2D eigenvalue weighted by atomic mass is 10.2. The number of benzene rings is 2. The molecule has 0 aliphatic heterocycles. The van der Waals surface area contributed by atoms with Gasteiger partial charge in [0.05, 0.1) is 7.11 Å². The predicted octanol–water partition coefficient (Wildman–Crippen LogP) is 2.89. The topological polar surface area (TPSA) is 64.6 Å². The maximum Gasteiger partial charge on any atom is 0.331 e. The molecule has 0 aliphatic rings. The van der Waals surface area contributed by atoms with E-state index in [9.17, 15) is 9.59 Å². The summed E-state index contributed by atoms with van der Waals surface area (Å²) >= 11 is 0. The SMILES string of the molecule is COc1cccc(NC(=O)COC(=O)/C=C/c2ccccc2)c1. The van der Waals surface area contributed by atoms with E-state index in [-0.39, 0.29) is 6.61 Å².